The fourth-order valence-corrected chi connectivity index (χ4v) is 2.68. The summed E-state index contributed by atoms with van der Waals surface area (Å²) in [5.74, 6) is -1.71. The molecule has 1 heterocycles. The van der Waals surface area contributed by atoms with Gasteiger partial charge in [0.1, 0.15) is 0 Å². The molecule has 19 heavy (non-hydrogen) atoms. The first-order chi connectivity index (χ1) is 9.08. The summed E-state index contributed by atoms with van der Waals surface area (Å²) in [5.41, 5.74) is 0.911. The van der Waals surface area contributed by atoms with Crippen molar-refractivity contribution in [2.75, 3.05) is 0 Å². The van der Waals surface area contributed by atoms with E-state index in [9.17, 15) is 9.59 Å². The molecule has 102 valence electrons. The highest BCUT2D eigenvalue weighted by atomic mass is 16.4. The van der Waals surface area contributed by atoms with Crippen LogP contribution in [0.15, 0.2) is 24.5 Å². The number of nitrogens with zero attached hydrogens (tertiary/aromatic N) is 1. The SMILES string of the molecule is CC1CC(C(=O)O)C(C(=O)NCc2cccnc2)C1. The lowest BCUT2D eigenvalue weighted by Gasteiger charge is -2.15. The highest BCUT2D eigenvalue weighted by Crippen LogP contribution is 2.36. The Balaban J connectivity index is 1.94. The number of pyridine rings is 1. The Labute approximate surface area is 112 Å². The maximum absolute atomic E-state index is 12.1. The Morgan fingerprint density at radius 3 is 2.79 bits per heavy atom. The van der Waals surface area contributed by atoms with E-state index in [-0.39, 0.29) is 11.8 Å². The minimum absolute atomic E-state index is 0.166. The van der Waals surface area contributed by atoms with Gasteiger partial charge in [-0.05, 0) is 30.4 Å². The van der Waals surface area contributed by atoms with Crippen molar-refractivity contribution >= 4 is 11.9 Å². The number of aliphatic carboxylic acids is 1. The molecular weight excluding hydrogens is 244 g/mol. The Bertz CT molecular complexity index is 461. The second kappa shape index (κ2) is 5.82. The van der Waals surface area contributed by atoms with E-state index in [0.717, 1.165) is 5.56 Å². The minimum Gasteiger partial charge on any atom is -0.481 e. The van der Waals surface area contributed by atoms with Crippen LogP contribution in [0.25, 0.3) is 0 Å². The second-order valence-electron chi connectivity index (χ2n) is 5.21. The van der Waals surface area contributed by atoms with Gasteiger partial charge in [0, 0.05) is 18.9 Å². The van der Waals surface area contributed by atoms with Crippen LogP contribution in [-0.2, 0) is 16.1 Å². The third kappa shape index (κ3) is 3.30. The van der Waals surface area contributed by atoms with Crippen molar-refractivity contribution in [3.05, 3.63) is 30.1 Å². The van der Waals surface area contributed by atoms with Crippen LogP contribution < -0.4 is 5.32 Å². The van der Waals surface area contributed by atoms with E-state index in [0.29, 0.717) is 19.4 Å². The summed E-state index contributed by atoms with van der Waals surface area (Å²) in [5, 5.41) is 11.9. The van der Waals surface area contributed by atoms with E-state index in [1.807, 2.05) is 13.0 Å². The molecule has 5 nitrogen and oxygen atoms in total. The lowest BCUT2D eigenvalue weighted by molar-refractivity contribution is -0.146. The zero-order chi connectivity index (χ0) is 13.8. The van der Waals surface area contributed by atoms with Gasteiger partial charge in [-0.2, -0.15) is 0 Å². The first kappa shape index (κ1) is 13.5. The van der Waals surface area contributed by atoms with Crippen molar-refractivity contribution in [2.24, 2.45) is 17.8 Å². The fraction of sp³-hybridized carbons (Fsp3) is 0.500. The van der Waals surface area contributed by atoms with E-state index in [1.165, 1.54) is 0 Å². The molecule has 0 spiro atoms. The average Bonchev–Trinajstić information content (AvgIpc) is 2.79. The van der Waals surface area contributed by atoms with Crippen LogP contribution in [0.4, 0.5) is 0 Å². The average molecular weight is 262 g/mol. The second-order valence-corrected chi connectivity index (χ2v) is 5.21. The summed E-state index contributed by atoms with van der Waals surface area (Å²) in [6, 6.07) is 3.68. The molecule has 0 saturated heterocycles. The molecule has 0 radical (unpaired) electrons. The third-order valence-electron chi connectivity index (χ3n) is 3.64. The number of hydrogen-bond acceptors (Lipinski definition) is 3. The largest absolute Gasteiger partial charge is 0.481 e. The molecule has 1 aliphatic rings. The first-order valence-corrected chi connectivity index (χ1v) is 6.47. The van der Waals surface area contributed by atoms with Gasteiger partial charge in [0.2, 0.25) is 5.91 Å². The molecule has 1 saturated carbocycles. The van der Waals surface area contributed by atoms with Crippen LogP contribution in [-0.4, -0.2) is 22.0 Å². The number of carboxylic acids is 1. The number of carbonyl (C=O) groups is 2. The smallest absolute Gasteiger partial charge is 0.307 e. The number of carbonyl (C=O) groups excluding carboxylic acids is 1. The number of amides is 1. The molecule has 1 fully saturated rings. The number of rotatable bonds is 4. The van der Waals surface area contributed by atoms with Gasteiger partial charge in [-0.3, -0.25) is 14.6 Å². The molecule has 0 aliphatic heterocycles. The molecule has 5 heteroatoms. The van der Waals surface area contributed by atoms with Gasteiger partial charge in [-0.15, -0.1) is 0 Å². The summed E-state index contributed by atoms with van der Waals surface area (Å²) in [7, 11) is 0. The monoisotopic (exact) mass is 262 g/mol. The van der Waals surface area contributed by atoms with E-state index in [4.69, 9.17) is 5.11 Å². The topological polar surface area (TPSA) is 79.3 Å². The number of hydrogen-bond donors (Lipinski definition) is 2. The highest BCUT2D eigenvalue weighted by molar-refractivity contribution is 5.85. The lowest BCUT2D eigenvalue weighted by Crippen LogP contribution is -2.34. The molecule has 0 aromatic carbocycles. The van der Waals surface area contributed by atoms with Crippen molar-refractivity contribution < 1.29 is 14.7 Å². The van der Waals surface area contributed by atoms with Crippen LogP contribution >= 0.6 is 0 Å². The molecule has 2 rings (SSSR count). The third-order valence-corrected chi connectivity index (χ3v) is 3.64. The van der Waals surface area contributed by atoms with Gasteiger partial charge in [0.15, 0.2) is 0 Å². The van der Waals surface area contributed by atoms with E-state index in [2.05, 4.69) is 10.3 Å². The van der Waals surface area contributed by atoms with E-state index >= 15 is 0 Å². The van der Waals surface area contributed by atoms with Crippen LogP contribution in [0.3, 0.4) is 0 Å². The zero-order valence-corrected chi connectivity index (χ0v) is 10.9. The molecular formula is C14H18N2O3. The quantitative estimate of drug-likeness (QED) is 0.860. The molecule has 0 bridgehead atoms. The Morgan fingerprint density at radius 2 is 2.16 bits per heavy atom. The standard InChI is InChI=1S/C14H18N2O3/c1-9-5-11(12(6-9)14(18)19)13(17)16-8-10-3-2-4-15-7-10/h2-4,7,9,11-12H,5-6,8H2,1H3,(H,16,17)(H,18,19). The van der Waals surface area contributed by atoms with Crippen LogP contribution in [0.2, 0.25) is 0 Å². The number of nitrogens with one attached hydrogen (secondary N) is 1. The molecule has 1 aromatic rings. The van der Waals surface area contributed by atoms with Crippen LogP contribution in [0, 0.1) is 17.8 Å². The van der Waals surface area contributed by atoms with E-state index < -0.39 is 17.8 Å². The van der Waals surface area contributed by atoms with Crippen molar-refractivity contribution in [3.63, 3.8) is 0 Å². The lowest BCUT2D eigenvalue weighted by atomic mass is 9.95. The summed E-state index contributed by atoms with van der Waals surface area (Å²) in [4.78, 5) is 27.2. The van der Waals surface area contributed by atoms with Crippen molar-refractivity contribution in [1.29, 1.82) is 0 Å². The summed E-state index contributed by atoms with van der Waals surface area (Å²) in [6.45, 7) is 2.38. The molecule has 2 N–H and O–H groups in total. The zero-order valence-electron chi connectivity index (χ0n) is 10.9. The Morgan fingerprint density at radius 1 is 1.42 bits per heavy atom. The maximum Gasteiger partial charge on any atom is 0.307 e. The van der Waals surface area contributed by atoms with Gasteiger partial charge in [0.05, 0.1) is 11.8 Å². The molecule has 1 aliphatic carbocycles. The van der Waals surface area contributed by atoms with Gasteiger partial charge in [-0.1, -0.05) is 13.0 Å². The minimum atomic E-state index is -0.870. The summed E-state index contributed by atoms with van der Waals surface area (Å²) in [6.07, 6.45) is 4.59. The van der Waals surface area contributed by atoms with Crippen LogP contribution in [0.5, 0.6) is 0 Å². The number of aromatic nitrogens is 1. The Kier molecular flexibility index (Phi) is 4.14. The first-order valence-electron chi connectivity index (χ1n) is 6.47. The van der Waals surface area contributed by atoms with Crippen molar-refractivity contribution in [2.45, 2.75) is 26.3 Å². The Hall–Kier alpha value is -1.91. The summed E-state index contributed by atoms with van der Waals surface area (Å²) >= 11 is 0. The van der Waals surface area contributed by atoms with E-state index in [1.54, 1.807) is 18.5 Å². The van der Waals surface area contributed by atoms with Gasteiger partial charge in [0.25, 0.3) is 0 Å². The van der Waals surface area contributed by atoms with Crippen LogP contribution in [0.1, 0.15) is 25.3 Å². The van der Waals surface area contributed by atoms with Gasteiger partial charge < -0.3 is 10.4 Å². The normalized spacial score (nSPS) is 26.1. The molecule has 1 amide bonds. The fourth-order valence-electron chi connectivity index (χ4n) is 2.68. The molecule has 1 aromatic heterocycles. The van der Waals surface area contributed by atoms with Gasteiger partial charge >= 0.3 is 5.97 Å². The van der Waals surface area contributed by atoms with Crippen molar-refractivity contribution in [1.82, 2.24) is 10.3 Å². The maximum atomic E-state index is 12.1. The number of carboxylic acid groups (broad SMARTS) is 1. The molecule has 3 unspecified atom stereocenters. The predicted octanol–water partition coefficient (Wildman–Crippen LogP) is 1.44. The summed E-state index contributed by atoms with van der Waals surface area (Å²) < 4.78 is 0. The van der Waals surface area contributed by atoms with Crippen molar-refractivity contribution in [3.8, 4) is 0 Å². The van der Waals surface area contributed by atoms with Gasteiger partial charge in [-0.25, -0.2) is 0 Å². The molecule has 3 atom stereocenters. The highest BCUT2D eigenvalue weighted by Gasteiger charge is 2.40. The predicted molar refractivity (Wildman–Crippen MR) is 69.1 cm³/mol.